The zero-order chi connectivity index (χ0) is 11.7. The Hall–Kier alpha value is -1.16. The van der Waals surface area contributed by atoms with Gasteiger partial charge >= 0.3 is 5.97 Å². The summed E-state index contributed by atoms with van der Waals surface area (Å²) in [6, 6.07) is 3.94. The summed E-state index contributed by atoms with van der Waals surface area (Å²) < 4.78 is 5.66. The van der Waals surface area contributed by atoms with Gasteiger partial charge in [0, 0.05) is 4.90 Å². The number of carbonyl (C=O) groups is 1. The van der Waals surface area contributed by atoms with E-state index in [2.05, 4.69) is 12.6 Å². The van der Waals surface area contributed by atoms with Crippen molar-refractivity contribution in [3.8, 4) is 5.75 Å². The molecule has 1 aliphatic rings. The SMILES string of the molecule is Cc1cc2c(cc1S)CCC(CC(=O)O)O2. The number of aryl methyl sites for hydroxylation is 2. The van der Waals surface area contributed by atoms with Gasteiger partial charge in [0.2, 0.25) is 0 Å². The van der Waals surface area contributed by atoms with Crippen LogP contribution >= 0.6 is 12.6 Å². The van der Waals surface area contributed by atoms with Crippen molar-refractivity contribution in [1.82, 2.24) is 0 Å². The number of aliphatic carboxylic acids is 1. The molecule has 2 rings (SSSR count). The highest BCUT2D eigenvalue weighted by molar-refractivity contribution is 7.80. The van der Waals surface area contributed by atoms with Crippen molar-refractivity contribution in [1.29, 1.82) is 0 Å². The Morgan fingerprint density at radius 3 is 3.06 bits per heavy atom. The van der Waals surface area contributed by atoms with Crippen LogP contribution in [0.15, 0.2) is 17.0 Å². The lowest BCUT2D eigenvalue weighted by atomic mass is 9.99. The minimum absolute atomic E-state index is 0.0705. The number of carboxylic acids is 1. The van der Waals surface area contributed by atoms with Gasteiger partial charge in [-0.05, 0) is 43.0 Å². The largest absolute Gasteiger partial charge is 0.490 e. The summed E-state index contributed by atoms with van der Waals surface area (Å²) in [5, 5.41) is 8.72. The van der Waals surface area contributed by atoms with Gasteiger partial charge in [0.15, 0.2) is 0 Å². The minimum Gasteiger partial charge on any atom is -0.490 e. The zero-order valence-corrected chi connectivity index (χ0v) is 9.96. The quantitative estimate of drug-likeness (QED) is 0.778. The van der Waals surface area contributed by atoms with Crippen molar-refractivity contribution in [2.24, 2.45) is 0 Å². The molecule has 1 heterocycles. The van der Waals surface area contributed by atoms with Crippen LogP contribution in [-0.2, 0) is 11.2 Å². The van der Waals surface area contributed by atoms with E-state index in [-0.39, 0.29) is 12.5 Å². The summed E-state index contributed by atoms with van der Waals surface area (Å²) in [5.74, 6) is 0.00351. The number of hydrogen-bond donors (Lipinski definition) is 2. The van der Waals surface area contributed by atoms with Crippen LogP contribution < -0.4 is 4.74 Å². The van der Waals surface area contributed by atoms with E-state index in [1.807, 2.05) is 19.1 Å². The normalized spacial score (nSPS) is 18.8. The molecule has 0 spiro atoms. The third-order valence-corrected chi connectivity index (χ3v) is 3.29. The maximum Gasteiger partial charge on any atom is 0.307 e. The molecule has 4 heteroatoms. The molecule has 86 valence electrons. The molecule has 1 unspecified atom stereocenters. The Bertz CT molecular complexity index is 429. The van der Waals surface area contributed by atoms with Crippen LogP contribution in [0, 0.1) is 6.92 Å². The lowest BCUT2D eigenvalue weighted by Gasteiger charge is -2.25. The van der Waals surface area contributed by atoms with Gasteiger partial charge < -0.3 is 9.84 Å². The number of thiol groups is 1. The highest BCUT2D eigenvalue weighted by Crippen LogP contribution is 2.32. The lowest BCUT2D eigenvalue weighted by molar-refractivity contribution is -0.139. The Kier molecular flexibility index (Phi) is 3.10. The van der Waals surface area contributed by atoms with Gasteiger partial charge in [0.25, 0.3) is 0 Å². The zero-order valence-electron chi connectivity index (χ0n) is 9.06. The average Bonchev–Trinajstić information content (AvgIpc) is 2.19. The highest BCUT2D eigenvalue weighted by atomic mass is 32.1. The van der Waals surface area contributed by atoms with Crippen molar-refractivity contribution >= 4 is 18.6 Å². The molecule has 0 fully saturated rings. The Balaban J connectivity index is 2.20. The third kappa shape index (κ3) is 2.32. The van der Waals surface area contributed by atoms with Crippen LogP contribution in [0.1, 0.15) is 24.0 Å². The van der Waals surface area contributed by atoms with Crippen molar-refractivity contribution in [2.75, 3.05) is 0 Å². The summed E-state index contributed by atoms with van der Waals surface area (Å²) in [4.78, 5) is 11.6. The molecular weight excluding hydrogens is 224 g/mol. The minimum atomic E-state index is -0.809. The van der Waals surface area contributed by atoms with Crippen LogP contribution in [-0.4, -0.2) is 17.2 Å². The van der Waals surface area contributed by atoms with E-state index in [0.717, 1.165) is 34.6 Å². The van der Waals surface area contributed by atoms with E-state index in [0.29, 0.717) is 0 Å². The fourth-order valence-corrected chi connectivity index (χ4v) is 2.13. The number of benzene rings is 1. The molecule has 1 aromatic rings. The number of carboxylic acid groups (broad SMARTS) is 1. The number of hydrogen-bond acceptors (Lipinski definition) is 3. The molecule has 0 aliphatic carbocycles. The first-order valence-electron chi connectivity index (χ1n) is 5.27. The van der Waals surface area contributed by atoms with E-state index in [4.69, 9.17) is 9.84 Å². The molecule has 0 saturated carbocycles. The monoisotopic (exact) mass is 238 g/mol. The highest BCUT2D eigenvalue weighted by Gasteiger charge is 2.22. The van der Waals surface area contributed by atoms with Gasteiger partial charge in [-0.1, -0.05) is 0 Å². The topological polar surface area (TPSA) is 46.5 Å². The van der Waals surface area contributed by atoms with E-state index in [9.17, 15) is 4.79 Å². The van der Waals surface area contributed by atoms with Crippen molar-refractivity contribution in [3.63, 3.8) is 0 Å². The Morgan fingerprint density at radius 2 is 2.38 bits per heavy atom. The molecule has 16 heavy (non-hydrogen) atoms. The fourth-order valence-electron chi connectivity index (χ4n) is 1.91. The number of rotatable bonds is 2. The first-order valence-corrected chi connectivity index (χ1v) is 5.72. The molecule has 0 bridgehead atoms. The molecule has 1 N–H and O–H groups in total. The molecule has 0 saturated heterocycles. The lowest BCUT2D eigenvalue weighted by Crippen LogP contribution is -2.25. The standard InChI is InChI=1S/C12H14O3S/c1-7-4-10-8(5-11(7)16)2-3-9(15-10)6-12(13)14/h4-5,9,16H,2-3,6H2,1H3,(H,13,14). The maximum atomic E-state index is 10.6. The van der Waals surface area contributed by atoms with E-state index < -0.39 is 5.97 Å². The van der Waals surface area contributed by atoms with Crippen LogP contribution in [0.3, 0.4) is 0 Å². The number of ether oxygens (including phenoxy) is 1. The van der Waals surface area contributed by atoms with Gasteiger partial charge in [-0.3, -0.25) is 4.79 Å². The molecule has 3 nitrogen and oxygen atoms in total. The molecule has 0 aromatic heterocycles. The first kappa shape index (κ1) is 11.3. The van der Waals surface area contributed by atoms with Crippen LogP contribution in [0.4, 0.5) is 0 Å². The van der Waals surface area contributed by atoms with Gasteiger partial charge in [0.1, 0.15) is 11.9 Å². The number of fused-ring (bicyclic) bond motifs is 1. The Labute approximate surface area is 99.8 Å². The molecule has 1 aliphatic heterocycles. The summed E-state index contributed by atoms with van der Waals surface area (Å²) in [6.07, 6.45) is 1.49. The summed E-state index contributed by atoms with van der Waals surface area (Å²) in [5.41, 5.74) is 2.18. The second-order valence-corrected chi connectivity index (χ2v) is 4.60. The van der Waals surface area contributed by atoms with Crippen LogP contribution in [0.5, 0.6) is 5.75 Å². The average molecular weight is 238 g/mol. The second kappa shape index (κ2) is 4.37. The summed E-state index contributed by atoms with van der Waals surface area (Å²) in [7, 11) is 0. The van der Waals surface area contributed by atoms with Crippen molar-refractivity contribution in [2.45, 2.75) is 37.2 Å². The molecule has 1 aromatic carbocycles. The predicted molar refractivity (Wildman–Crippen MR) is 63.4 cm³/mol. The van der Waals surface area contributed by atoms with Crippen LogP contribution in [0.25, 0.3) is 0 Å². The summed E-state index contributed by atoms with van der Waals surface area (Å²) >= 11 is 4.36. The van der Waals surface area contributed by atoms with E-state index in [1.165, 1.54) is 0 Å². The maximum absolute atomic E-state index is 10.6. The van der Waals surface area contributed by atoms with Crippen molar-refractivity contribution in [3.05, 3.63) is 23.3 Å². The van der Waals surface area contributed by atoms with Crippen molar-refractivity contribution < 1.29 is 14.6 Å². The second-order valence-electron chi connectivity index (χ2n) is 4.12. The Morgan fingerprint density at radius 1 is 1.62 bits per heavy atom. The van der Waals surface area contributed by atoms with Crippen LogP contribution in [0.2, 0.25) is 0 Å². The first-order chi connectivity index (χ1) is 7.56. The van der Waals surface area contributed by atoms with Gasteiger partial charge in [-0.25, -0.2) is 0 Å². The smallest absolute Gasteiger partial charge is 0.307 e. The molecular formula is C12H14O3S. The summed E-state index contributed by atoms with van der Waals surface area (Å²) in [6.45, 7) is 1.97. The van der Waals surface area contributed by atoms with Gasteiger partial charge in [0.05, 0.1) is 6.42 Å². The third-order valence-electron chi connectivity index (χ3n) is 2.81. The van der Waals surface area contributed by atoms with Gasteiger partial charge in [-0.2, -0.15) is 0 Å². The van der Waals surface area contributed by atoms with E-state index in [1.54, 1.807) is 0 Å². The van der Waals surface area contributed by atoms with Gasteiger partial charge in [-0.15, -0.1) is 12.6 Å². The fraction of sp³-hybridized carbons (Fsp3) is 0.417. The predicted octanol–water partition coefficient (Wildman–Crippen LogP) is 2.45. The molecule has 1 atom stereocenters. The molecule has 0 radical (unpaired) electrons. The molecule has 0 amide bonds. The van der Waals surface area contributed by atoms with E-state index >= 15 is 0 Å².